The van der Waals surface area contributed by atoms with Crippen molar-refractivity contribution in [2.45, 2.75) is 41.5 Å². The molecule has 3 rings (SSSR count). The molecule has 0 heterocycles. The van der Waals surface area contributed by atoms with Gasteiger partial charge in [-0.25, -0.2) is 0 Å². The first-order valence-electron chi connectivity index (χ1n) is 8.63. The fourth-order valence-corrected chi connectivity index (χ4v) is 3.63. The monoisotopic (exact) mass is 314 g/mol. The number of aryl methyl sites for hydroxylation is 6. The zero-order valence-electron chi connectivity index (χ0n) is 15.6. The Hall–Kier alpha value is -2.34. The van der Waals surface area contributed by atoms with Crippen LogP contribution < -0.4 is 0 Å². The summed E-state index contributed by atoms with van der Waals surface area (Å²) < 4.78 is 0. The lowest BCUT2D eigenvalue weighted by atomic mass is 9.88. The van der Waals surface area contributed by atoms with Gasteiger partial charge < -0.3 is 0 Å². The van der Waals surface area contributed by atoms with Crippen LogP contribution in [0.15, 0.2) is 48.5 Å². The summed E-state index contributed by atoms with van der Waals surface area (Å²) in [6.45, 7) is 13.2. The Bertz CT molecular complexity index is 836. The Morgan fingerprint density at radius 1 is 0.375 bits per heavy atom. The minimum Gasteiger partial charge on any atom is -0.0587 e. The molecule has 0 bridgehead atoms. The Balaban J connectivity index is 2.15. The highest BCUT2D eigenvalue weighted by Gasteiger charge is 2.11. The van der Waals surface area contributed by atoms with Gasteiger partial charge in [-0.2, -0.15) is 0 Å². The van der Waals surface area contributed by atoms with Crippen molar-refractivity contribution in [3.05, 3.63) is 81.9 Å². The smallest absolute Gasteiger partial charge is 0.0149 e. The van der Waals surface area contributed by atoms with Crippen LogP contribution in [-0.2, 0) is 0 Å². The molecule has 0 saturated carbocycles. The molecule has 0 fully saturated rings. The average molecular weight is 314 g/mol. The van der Waals surface area contributed by atoms with Gasteiger partial charge in [0, 0.05) is 0 Å². The second-order valence-electron chi connectivity index (χ2n) is 7.12. The third-order valence-corrected chi connectivity index (χ3v) is 4.92. The van der Waals surface area contributed by atoms with E-state index in [9.17, 15) is 0 Å². The third-order valence-electron chi connectivity index (χ3n) is 4.92. The van der Waals surface area contributed by atoms with Crippen LogP contribution in [0.4, 0.5) is 0 Å². The summed E-state index contributed by atoms with van der Waals surface area (Å²) >= 11 is 0. The highest BCUT2D eigenvalue weighted by Crippen LogP contribution is 2.34. The molecule has 0 saturated heterocycles. The van der Waals surface area contributed by atoms with Crippen molar-refractivity contribution >= 4 is 0 Å². The predicted octanol–water partition coefficient (Wildman–Crippen LogP) is 6.87. The molecule has 0 atom stereocenters. The predicted molar refractivity (Wildman–Crippen MR) is 106 cm³/mol. The molecule has 0 radical (unpaired) electrons. The molecule has 0 spiro atoms. The van der Waals surface area contributed by atoms with Crippen molar-refractivity contribution in [1.29, 1.82) is 0 Å². The largest absolute Gasteiger partial charge is 0.0587 e. The molecule has 0 heteroatoms. The number of benzene rings is 3. The van der Waals surface area contributed by atoms with E-state index in [-0.39, 0.29) is 0 Å². The molecule has 24 heavy (non-hydrogen) atoms. The summed E-state index contributed by atoms with van der Waals surface area (Å²) in [5, 5.41) is 0. The number of hydrogen-bond acceptors (Lipinski definition) is 0. The van der Waals surface area contributed by atoms with Crippen molar-refractivity contribution in [3.63, 3.8) is 0 Å². The molecule has 0 nitrogen and oxygen atoms in total. The molecule has 3 aromatic carbocycles. The molecule has 0 aliphatic rings. The van der Waals surface area contributed by atoms with Gasteiger partial charge in [-0.1, -0.05) is 59.7 Å². The Morgan fingerprint density at radius 2 is 0.708 bits per heavy atom. The summed E-state index contributed by atoms with van der Waals surface area (Å²) in [6, 6.07) is 18.1. The van der Waals surface area contributed by atoms with Crippen molar-refractivity contribution < 1.29 is 0 Å². The van der Waals surface area contributed by atoms with Crippen LogP contribution in [0.1, 0.15) is 33.4 Å². The molecular weight excluding hydrogens is 288 g/mol. The van der Waals surface area contributed by atoms with E-state index in [2.05, 4.69) is 90.1 Å². The van der Waals surface area contributed by atoms with Crippen LogP contribution in [0.2, 0.25) is 0 Å². The summed E-state index contributed by atoms with van der Waals surface area (Å²) in [5.41, 5.74) is 13.4. The van der Waals surface area contributed by atoms with Gasteiger partial charge >= 0.3 is 0 Å². The summed E-state index contributed by atoms with van der Waals surface area (Å²) in [6.07, 6.45) is 0. The second-order valence-corrected chi connectivity index (χ2v) is 7.12. The average Bonchev–Trinajstić information content (AvgIpc) is 2.50. The van der Waals surface area contributed by atoms with Crippen molar-refractivity contribution in [2.75, 3.05) is 0 Å². The van der Waals surface area contributed by atoms with Gasteiger partial charge in [0.25, 0.3) is 0 Å². The van der Waals surface area contributed by atoms with Crippen LogP contribution in [-0.4, -0.2) is 0 Å². The highest BCUT2D eigenvalue weighted by molar-refractivity contribution is 5.79. The van der Waals surface area contributed by atoms with Crippen LogP contribution >= 0.6 is 0 Å². The molecule has 3 aromatic rings. The van der Waals surface area contributed by atoms with Gasteiger partial charge in [0.15, 0.2) is 0 Å². The fraction of sp³-hybridized carbons (Fsp3) is 0.250. The minimum atomic E-state index is 1.32. The van der Waals surface area contributed by atoms with Gasteiger partial charge in [-0.05, 0) is 86.1 Å². The molecule has 0 aromatic heterocycles. The Labute approximate surface area is 146 Å². The normalized spacial score (nSPS) is 10.9. The van der Waals surface area contributed by atoms with E-state index in [0.717, 1.165) is 0 Å². The van der Waals surface area contributed by atoms with Gasteiger partial charge in [0.1, 0.15) is 0 Å². The first-order chi connectivity index (χ1) is 11.4. The zero-order chi connectivity index (χ0) is 17.4. The van der Waals surface area contributed by atoms with Crippen molar-refractivity contribution in [1.82, 2.24) is 0 Å². The first kappa shape index (κ1) is 16.5. The molecule has 0 unspecified atom stereocenters. The van der Waals surface area contributed by atoms with Gasteiger partial charge in [-0.15, -0.1) is 0 Å². The molecule has 0 aliphatic heterocycles. The van der Waals surface area contributed by atoms with Crippen LogP contribution in [0.5, 0.6) is 0 Å². The van der Waals surface area contributed by atoms with Crippen molar-refractivity contribution in [2.24, 2.45) is 0 Å². The van der Waals surface area contributed by atoms with Crippen LogP contribution in [0.25, 0.3) is 22.3 Å². The van der Waals surface area contributed by atoms with Crippen LogP contribution in [0, 0.1) is 41.5 Å². The third kappa shape index (κ3) is 3.01. The first-order valence-corrected chi connectivity index (χ1v) is 8.63. The van der Waals surface area contributed by atoms with E-state index in [1.165, 1.54) is 55.6 Å². The lowest BCUT2D eigenvalue weighted by Gasteiger charge is -2.16. The van der Waals surface area contributed by atoms with E-state index in [4.69, 9.17) is 0 Å². The Kier molecular flexibility index (Phi) is 4.32. The molecule has 122 valence electrons. The maximum atomic E-state index is 2.35. The van der Waals surface area contributed by atoms with Gasteiger partial charge in [0.05, 0.1) is 0 Å². The summed E-state index contributed by atoms with van der Waals surface area (Å²) in [7, 11) is 0. The molecular formula is C24H26. The lowest BCUT2D eigenvalue weighted by Crippen LogP contribution is -1.94. The summed E-state index contributed by atoms with van der Waals surface area (Å²) in [4.78, 5) is 0. The van der Waals surface area contributed by atoms with E-state index in [1.54, 1.807) is 0 Å². The van der Waals surface area contributed by atoms with E-state index in [0.29, 0.717) is 0 Å². The van der Waals surface area contributed by atoms with Gasteiger partial charge in [-0.3, -0.25) is 0 Å². The Morgan fingerprint density at radius 3 is 1.04 bits per heavy atom. The topological polar surface area (TPSA) is 0 Å². The van der Waals surface area contributed by atoms with E-state index >= 15 is 0 Å². The second kappa shape index (κ2) is 6.28. The van der Waals surface area contributed by atoms with Crippen LogP contribution in [0.3, 0.4) is 0 Å². The molecule has 0 N–H and O–H groups in total. The zero-order valence-corrected chi connectivity index (χ0v) is 15.6. The highest BCUT2D eigenvalue weighted by atomic mass is 14.2. The quantitative estimate of drug-likeness (QED) is 0.484. The molecule has 0 amide bonds. The SMILES string of the molecule is Cc1ccc(-c2cc(C)c(-c3ccc(C)cc3C)cc2C)c(C)c1. The van der Waals surface area contributed by atoms with Gasteiger partial charge in [0.2, 0.25) is 0 Å². The van der Waals surface area contributed by atoms with E-state index < -0.39 is 0 Å². The minimum absolute atomic E-state index is 1.32. The standard InChI is InChI=1S/C24H26/c1-15-7-9-21(17(3)11-15)23-13-20(6)24(14-19(23)5)22-10-8-16(2)12-18(22)4/h7-14H,1-6H3. The van der Waals surface area contributed by atoms with Crippen molar-refractivity contribution in [3.8, 4) is 22.3 Å². The maximum absolute atomic E-state index is 2.35. The fourth-order valence-electron chi connectivity index (χ4n) is 3.63. The number of hydrogen-bond donors (Lipinski definition) is 0. The number of rotatable bonds is 2. The maximum Gasteiger partial charge on any atom is -0.0149 e. The summed E-state index contributed by atoms with van der Waals surface area (Å²) in [5.74, 6) is 0. The lowest BCUT2D eigenvalue weighted by molar-refractivity contribution is 1.33. The van der Waals surface area contributed by atoms with E-state index in [1.807, 2.05) is 0 Å². The molecule has 0 aliphatic carbocycles.